The number of nitrogens with one attached hydrogen (secondary N) is 1. The maximum Gasteiger partial charge on any atom is 0.137 e. The number of rotatable bonds is 5. The van der Waals surface area contributed by atoms with Gasteiger partial charge in [-0.1, -0.05) is 18.2 Å². The minimum Gasteiger partial charge on any atom is -0.497 e. The zero-order chi connectivity index (χ0) is 15.4. The first-order valence-corrected chi connectivity index (χ1v) is 6.96. The first kappa shape index (κ1) is 14.1. The summed E-state index contributed by atoms with van der Waals surface area (Å²) in [6, 6.07) is 13.6. The average molecular weight is 295 g/mol. The standard InChI is InChI=1S/C17H17N3O2/c1-21-13-7-8-15-14(9-13)17(20-11-19-15)18-10-12-5-3-4-6-16(12)22-2/h3-9,11H,10H2,1-2H3,(H,18,19,20). The fourth-order valence-electron chi connectivity index (χ4n) is 2.33. The summed E-state index contributed by atoms with van der Waals surface area (Å²) in [4.78, 5) is 8.61. The van der Waals surface area contributed by atoms with E-state index in [2.05, 4.69) is 15.3 Å². The maximum atomic E-state index is 5.36. The third kappa shape index (κ3) is 2.79. The largest absolute Gasteiger partial charge is 0.497 e. The minimum atomic E-state index is 0.618. The van der Waals surface area contributed by atoms with Gasteiger partial charge in [-0.3, -0.25) is 0 Å². The summed E-state index contributed by atoms with van der Waals surface area (Å²) >= 11 is 0. The van der Waals surface area contributed by atoms with Crippen LogP contribution >= 0.6 is 0 Å². The number of hydrogen-bond donors (Lipinski definition) is 1. The van der Waals surface area contributed by atoms with Gasteiger partial charge in [0.25, 0.3) is 0 Å². The minimum absolute atomic E-state index is 0.618. The van der Waals surface area contributed by atoms with Gasteiger partial charge in [0.05, 0.1) is 19.7 Å². The van der Waals surface area contributed by atoms with Crippen molar-refractivity contribution >= 4 is 16.7 Å². The zero-order valence-electron chi connectivity index (χ0n) is 12.5. The lowest BCUT2D eigenvalue weighted by molar-refractivity contribution is 0.410. The van der Waals surface area contributed by atoms with E-state index in [1.54, 1.807) is 20.5 Å². The van der Waals surface area contributed by atoms with Crippen LogP contribution in [0, 0.1) is 0 Å². The zero-order valence-corrected chi connectivity index (χ0v) is 12.5. The molecule has 1 aromatic heterocycles. The summed E-state index contributed by atoms with van der Waals surface area (Å²) < 4.78 is 10.6. The molecular formula is C17H17N3O2. The molecule has 112 valence electrons. The Morgan fingerprint density at radius 3 is 2.68 bits per heavy atom. The Bertz CT molecular complexity index is 790. The fourth-order valence-corrected chi connectivity index (χ4v) is 2.33. The van der Waals surface area contributed by atoms with E-state index >= 15 is 0 Å². The molecule has 0 saturated carbocycles. The van der Waals surface area contributed by atoms with Crippen molar-refractivity contribution in [1.82, 2.24) is 9.97 Å². The Morgan fingerprint density at radius 2 is 1.86 bits per heavy atom. The third-order valence-electron chi connectivity index (χ3n) is 3.48. The summed E-state index contributed by atoms with van der Waals surface area (Å²) in [5.41, 5.74) is 1.94. The molecule has 3 aromatic rings. The molecule has 3 rings (SSSR count). The molecule has 2 aromatic carbocycles. The molecular weight excluding hydrogens is 278 g/mol. The van der Waals surface area contributed by atoms with Crippen LogP contribution in [-0.4, -0.2) is 24.2 Å². The summed E-state index contributed by atoms with van der Waals surface area (Å²) in [7, 11) is 3.32. The van der Waals surface area contributed by atoms with E-state index in [9.17, 15) is 0 Å². The number of hydrogen-bond acceptors (Lipinski definition) is 5. The molecule has 0 amide bonds. The highest BCUT2D eigenvalue weighted by Crippen LogP contribution is 2.25. The molecule has 0 aliphatic rings. The highest BCUT2D eigenvalue weighted by Gasteiger charge is 2.07. The molecule has 5 nitrogen and oxygen atoms in total. The molecule has 0 fully saturated rings. The Hall–Kier alpha value is -2.82. The highest BCUT2D eigenvalue weighted by molar-refractivity contribution is 5.89. The van der Waals surface area contributed by atoms with Gasteiger partial charge in [0, 0.05) is 17.5 Å². The van der Waals surface area contributed by atoms with E-state index < -0.39 is 0 Å². The molecule has 0 spiro atoms. The molecule has 0 radical (unpaired) electrons. The van der Waals surface area contributed by atoms with E-state index in [0.717, 1.165) is 33.8 Å². The lowest BCUT2D eigenvalue weighted by Gasteiger charge is -2.11. The number of aromatic nitrogens is 2. The van der Waals surface area contributed by atoms with Crippen LogP contribution in [0.2, 0.25) is 0 Å². The molecule has 1 N–H and O–H groups in total. The second kappa shape index (κ2) is 6.30. The van der Waals surface area contributed by atoms with Crippen LogP contribution in [0.3, 0.4) is 0 Å². The number of benzene rings is 2. The van der Waals surface area contributed by atoms with Crippen LogP contribution in [0.25, 0.3) is 10.9 Å². The van der Waals surface area contributed by atoms with Gasteiger partial charge < -0.3 is 14.8 Å². The topological polar surface area (TPSA) is 56.3 Å². The van der Waals surface area contributed by atoms with Crippen molar-refractivity contribution in [1.29, 1.82) is 0 Å². The van der Waals surface area contributed by atoms with Crippen LogP contribution in [0.1, 0.15) is 5.56 Å². The monoisotopic (exact) mass is 295 g/mol. The van der Waals surface area contributed by atoms with E-state index in [0.29, 0.717) is 6.54 Å². The predicted molar refractivity (Wildman–Crippen MR) is 86.4 cm³/mol. The Labute approximate surface area is 128 Å². The van der Waals surface area contributed by atoms with Crippen LogP contribution < -0.4 is 14.8 Å². The van der Waals surface area contributed by atoms with E-state index in [-0.39, 0.29) is 0 Å². The first-order valence-electron chi connectivity index (χ1n) is 6.96. The summed E-state index contributed by atoms with van der Waals surface area (Å²) in [5, 5.41) is 4.27. The van der Waals surface area contributed by atoms with Gasteiger partial charge in [-0.25, -0.2) is 9.97 Å². The Balaban J connectivity index is 1.90. The van der Waals surface area contributed by atoms with Gasteiger partial charge in [-0.15, -0.1) is 0 Å². The molecule has 0 aliphatic heterocycles. The number of methoxy groups -OCH3 is 2. The van der Waals surface area contributed by atoms with Gasteiger partial charge in [-0.2, -0.15) is 0 Å². The van der Waals surface area contributed by atoms with Crippen molar-refractivity contribution in [2.75, 3.05) is 19.5 Å². The molecule has 0 unspecified atom stereocenters. The van der Waals surface area contributed by atoms with Gasteiger partial charge >= 0.3 is 0 Å². The van der Waals surface area contributed by atoms with Gasteiger partial charge in [0.2, 0.25) is 0 Å². The molecule has 1 heterocycles. The van der Waals surface area contributed by atoms with E-state index in [1.165, 1.54) is 0 Å². The fraction of sp³-hybridized carbons (Fsp3) is 0.176. The molecule has 0 bridgehead atoms. The van der Waals surface area contributed by atoms with E-state index in [4.69, 9.17) is 9.47 Å². The number of para-hydroxylation sites is 1. The SMILES string of the molecule is COc1ccc2ncnc(NCc3ccccc3OC)c2c1. The third-order valence-corrected chi connectivity index (χ3v) is 3.48. The molecule has 0 atom stereocenters. The van der Waals surface area contributed by atoms with Crippen molar-refractivity contribution in [3.8, 4) is 11.5 Å². The van der Waals surface area contributed by atoms with Crippen molar-refractivity contribution in [3.05, 3.63) is 54.4 Å². The van der Waals surface area contributed by atoms with Gasteiger partial charge in [0.15, 0.2) is 0 Å². The van der Waals surface area contributed by atoms with Crippen molar-refractivity contribution in [3.63, 3.8) is 0 Å². The second-order valence-electron chi connectivity index (χ2n) is 4.77. The quantitative estimate of drug-likeness (QED) is 0.783. The molecule has 5 heteroatoms. The lowest BCUT2D eigenvalue weighted by atomic mass is 10.2. The normalized spacial score (nSPS) is 10.5. The van der Waals surface area contributed by atoms with Crippen molar-refractivity contribution < 1.29 is 9.47 Å². The number of fused-ring (bicyclic) bond motifs is 1. The summed E-state index contributed by atoms with van der Waals surface area (Å²) in [6.07, 6.45) is 1.55. The number of anilines is 1. The first-order chi connectivity index (χ1) is 10.8. The van der Waals surface area contributed by atoms with Crippen LogP contribution in [-0.2, 0) is 6.54 Å². The second-order valence-corrected chi connectivity index (χ2v) is 4.77. The highest BCUT2D eigenvalue weighted by atomic mass is 16.5. The van der Waals surface area contributed by atoms with Gasteiger partial charge in [-0.05, 0) is 24.3 Å². The number of ether oxygens (including phenoxy) is 2. The van der Waals surface area contributed by atoms with Crippen molar-refractivity contribution in [2.24, 2.45) is 0 Å². The smallest absolute Gasteiger partial charge is 0.137 e. The molecule has 22 heavy (non-hydrogen) atoms. The van der Waals surface area contributed by atoms with E-state index in [1.807, 2.05) is 42.5 Å². The van der Waals surface area contributed by atoms with Crippen LogP contribution in [0.15, 0.2) is 48.8 Å². The van der Waals surface area contributed by atoms with Crippen LogP contribution in [0.4, 0.5) is 5.82 Å². The lowest BCUT2D eigenvalue weighted by Crippen LogP contribution is -2.04. The molecule has 0 aliphatic carbocycles. The maximum absolute atomic E-state index is 5.36. The Kier molecular flexibility index (Phi) is 4.05. The average Bonchev–Trinajstić information content (AvgIpc) is 2.59. The Morgan fingerprint density at radius 1 is 1.00 bits per heavy atom. The summed E-state index contributed by atoms with van der Waals surface area (Å²) in [6.45, 7) is 0.618. The van der Waals surface area contributed by atoms with Crippen LogP contribution in [0.5, 0.6) is 11.5 Å². The number of nitrogens with zero attached hydrogens (tertiary/aromatic N) is 2. The van der Waals surface area contributed by atoms with Gasteiger partial charge in [0.1, 0.15) is 23.6 Å². The molecule has 0 saturated heterocycles. The summed E-state index contributed by atoms with van der Waals surface area (Å²) in [5.74, 6) is 2.41. The van der Waals surface area contributed by atoms with Crippen molar-refractivity contribution in [2.45, 2.75) is 6.54 Å². The predicted octanol–water partition coefficient (Wildman–Crippen LogP) is 3.26.